The van der Waals surface area contributed by atoms with Gasteiger partial charge in [0, 0.05) is 6.04 Å². The van der Waals surface area contributed by atoms with Gasteiger partial charge < -0.3 is 11.1 Å². The maximum atomic E-state index is 11.6. The molecule has 16 heavy (non-hydrogen) atoms. The number of primary amides is 1. The molecule has 1 aliphatic rings. The van der Waals surface area contributed by atoms with Gasteiger partial charge in [-0.1, -0.05) is 0 Å². The van der Waals surface area contributed by atoms with Crippen molar-refractivity contribution in [2.75, 3.05) is 20.1 Å². The molecule has 0 aliphatic carbocycles. The minimum atomic E-state index is -0.796. The Labute approximate surface area is 95.5 Å². The lowest BCUT2D eigenvalue weighted by atomic mass is 10.0. The second-order valence-electron chi connectivity index (χ2n) is 4.18. The minimum absolute atomic E-state index is 0.337. The largest absolute Gasteiger partial charge is 0.351 e. The van der Waals surface area contributed by atoms with Crippen LogP contribution in [0.3, 0.4) is 0 Å². The first kappa shape index (κ1) is 12.9. The maximum Gasteiger partial charge on any atom is 0.318 e. The van der Waals surface area contributed by atoms with E-state index in [9.17, 15) is 9.59 Å². The van der Waals surface area contributed by atoms with E-state index in [2.05, 4.69) is 10.6 Å². The number of likely N-dealkylation sites (N-methyl/N-ethyl adjacent to an activating group) is 1. The van der Waals surface area contributed by atoms with Crippen molar-refractivity contribution in [2.24, 2.45) is 5.73 Å². The lowest BCUT2D eigenvalue weighted by molar-refractivity contribution is -0.125. The number of carbonyl (C=O) groups excluding carboxylic acids is 2. The summed E-state index contributed by atoms with van der Waals surface area (Å²) in [5.74, 6) is -0.339. The van der Waals surface area contributed by atoms with E-state index in [-0.39, 0.29) is 11.9 Å². The molecule has 0 bridgehead atoms. The van der Waals surface area contributed by atoms with Crippen molar-refractivity contribution in [3.05, 3.63) is 0 Å². The molecule has 0 saturated carbocycles. The third-order valence-corrected chi connectivity index (χ3v) is 3.12. The highest BCUT2D eigenvalue weighted by atomic mass is 16.2. The number of hydrogen-bond donors (Lipinski definition) is 3. The van der Waals surface area contributed by atoms with E-state index >= 15 is 0 Å². The molecule has 1 saturated heterocycles. The van der Waals surface area contributed by atoms with Gasteiger partial charge >= 0.3 is 6.03 Å². The summed E-state index contributed by atoms with van der Waals surface area (Å²) < 4.78 is 0. The van der Waals surface area contributed by atoms with Crippen molar-refractivity contribution in [3.63, 3.8) is 0 Å². The summed E-state index contributed by atoms with van der Waals surface area (Å²) in [6, 6.07) is -0.749. The lowest BCUT2D eigenvalue weighted by Gasteiger charge is -2.34. The monoisotopic (exact) mass is 228 g/mol. The van der Waals surface area contributed by atoms with E-state index in [4.69, 9.17) is 5.73 Å². The second kappa shape index (κ2) is 5.81. The first-order valence-corrected chi connectivity index (χ1v) is 5.55. The molecule has 0 aromatic carbocycles. The zero-order valence-corrected chi connectivity index (χ0v) is 9.82. The number of rotatable bonds is 3. The van der Waals surface area contributed by atoms with Gasteiger partial charge in [-0.05, 0) is 39.9 Å². The molecule has 1 fully saturated rings. The van der Waals surface area contributed by atoms with Crippen LogP contribution in [-0.2, 0) is 4.79 Å². The zero-order chi connectivity index (χ0) is 12.1. The summed E-state index contributed by atoms with van der Waals surface area (Å²) >= 11 is 0. The molecule has 0 spiro atoms. The van der Waals surface area contributed by atoms with Gasteiger partial charge in [-0.15, -0.1) is 0 Å². The van der Waals surface area contributed by atoms with Gasteiger partial charge in [0.2, 0.25) is 5.91 Å². The molecule has 1 aliphatic heterocycles. The average Bonchev–Trinajstić information content (AvgIpc) is 2.27. The topological polar surface area (TPSA) is 87.5 Å². The maximum absolute atomic E-state index is 11.6. The summed E-state index contributed by atoms with van der Waals surface area (Å²) in [5.41, 5.74) is 4.91. The number of carbonyl (C=O) groups is 2. The summed E-state index contributed by atoms with van der Waals surface area (Å²) in [6.45, 7) is 3.72. The van der Waals surface area contributed by atoms with Crippen LogP contribution in [0.15, 0.2) is 0 Å². The number of imide groups is 1. The Balaban J connectivity index is 2.47. The molecular weight excluding hydrogens is 208 g/mol. The molecule has 0 aromatic heterocycles. The zero-order valence-electron chi connectivity index (χ0n) is 9.82. The van der Waals surface area contributed by atoms with Gasteiger partial charge in [0.25, 0.3) is 0 Å². The normalized spacial score (nSPS) is 19.4. The van der Waals surface area contributed by atoms with Gasteiger partial charge in [-0.2, -0.15) is 0 Å². The quantitative estimate of drug-likeness (QED) is 0.593. The van der Waals surface area contributed by atoms with Crippen LogP contribution in [0.25, 0.3) is 0 Å². The fourth-order valence-corrected chi connectivity index (χ4v) is 1.94. The highest BCUT2D eigenvalue weighted by molar-refractivity contribution is 5.96. The van der Waals surface area contributed by atoms with Gasteiger partial charge in [-0.25, -0.2) is 4.79 Å². The Morgan fingerprint density at radius 1 is 1.44 bits per heavy atom. The number of amides is 3. The Morgan fingerprint density at radius 2 is 2.00 bits per heavy atom. The van der Waals surface area contributed by atoms with Crippen LogP contribution in [0.5, 0.6) is 0 Å². The van der Waals surface area contributed by atoms with Gasteiger partial charge in [0.05, 0.1) is 6.04 Å². The van der Waals surface area contributed by atoms with Crippen molar-refractivity contribution in [2.45, 2.75) is 31.8 Å². The smallest absolute Gasteiger partial charge is 0.318 e. The van der Waals surface area contributed by atoms with Gasteiger partial charge in [-0.3, -0.25) is 15.0 Å². The van der Waals surface area contributed by atoms with Crippen molar-refractivity contribution in [1.82, 2.24) is 15.5 Å². The van der Waals surface area contributed by atoms with Crippen LogP contribution in [0.2, 0.25) is 0 Å². The molecule has 1 unspecified atom stereocenters. The van der Waals surface area contributed by atoms with Crippen LogP contribution in [0.1, 0.15) is 19.8 Å². The molecule has 4 N–H and O–H groups in total. The fourth-order valence-electron chi connectivity index (χ4n) is 1.94. The molecule has 6 heteroatoms. The predicted octanol–water partition coefficient (Wildman–Crippen LogP) is -0.746. The Bertz CT molecular complexity index is 264. The molecule has 0 radical (unpaired) electrons. The molecule has 92 valence electrons. The van der Waals surface area contributed by atoms with E-state index < -0.39 is 6.03 Å². The van der Waals surface area contributed by atoms with E-state index in [1.54, 1.807) is 6.92 Å². The van der Waals surface area contributed by atoms with Crippen molar-refractivity contribution in [3.8, 4) is 0 Å². The van der Waals surface area contributed by atoms with Crippen molar-refractivity contribution >= 4 is 11.9 Å². The molecule has 1 heterocycles. The van der Waals surface area contributed by atoms with E-state index in [0.29, 0.717) is 6.04 Å². The minimum Gasteiger partial charge on any atom is -0.351 e. The van der Waals surface area contributed by atoms with Crippen LogP contribution in [0, 0.1) is 0 Å². The summed E-state index contributed by atoms with van der Waals surface area (Å²) in [6.07, 6.45) is 2.04. The van der Waals surface area contributed by atoms with Gasteiger partial charge in [0.15, 0.2) is 0 Å². The van der Waals surface area contributed by atoms with Crippen LogP contribution >= 0.6 is 0 Å². The molecular formula is C10H20N4O2. The standard InChI is InChI=1S/C10H20N4O2/c1-7(9(15)13-10(11)16)14(2)8-3-5-12-6-4-8/h7-8,12H,3-6H2,1-2H3,(H3,11,13,15,16). The lowest BCUT2D eigenvalue weighted by Crippen LogP contribution is -2.52. The Kier molecular flexibility index (Phi) is 4.70. The molecule has 6 nitrogen and oxygen atoms in total. The number of nitrogens with two attached hydrogens (primary N) is 1. The number of piperidine rings is 1. The molecule has 1 rings (SSSR count). The number of urea groups is 1. The highest BCUT2D eigenvalue weighted by Gasteiger charge is 2.26. The third-order valence-electron chi connectivity index (χ3n) is 3.12. The summed E-state index contributed by atoms with van der Waals surface area (Å²) in [5, 5.41) is 5.37. The highest BCUT2D eigenvalue weighted by Crippen LogP contribution is 2.12. The van der Waals surface area contributed by atoms with E-state index in [1.165, 1.54) is 0 Å². The molecule has 3 amide bonds. The Hall–Kier alpha value is -1.14. The number of nitrogens with zero attached hydrogens (tertiary/aromatic N) is 1. The Morgan fingerprint density at radius 3 is 2.50 bits per heavy atom. The predicted molar refractivity (Wildman–Crippen MR) is 60.8 cm³/mol. The van der Waals surface area contributed by atoms with Crippen LogP contribution < -0.4 is 16.4 Å². The van der Waals surface area contributed by atoms with Crippen molar-refractivity contribution < 1.29 is 9.59 Å². The van der Waals surface area contributed by atoms with Gasteiger partial charge in [0.1, 0.15) is 0 Å². The van der Waals surface area contributed by atoms with Crippen molar-refractivity contribution in [1.29, 1.82) is 0 Å². The third kappa shape index (κ3) is 3.46. The fraction of sp³-hybridized carbons (Fsp3) is 0.800. The van der Waals surface area contributed by atoms with E-state index in [0.717, 1.165) is 25.9 Å². The average molecular weight is 228 g/mol. The SMILES string of the molecule is CC(C(=O)NC(N)=O)N(C)C1CCNCC1. The summed E-state index contributed by atoms with van der Waals surface area (Å²) in [4.78, 5) is 24.1. The second-order valence-corrected chi connectivity index (χ2v) is 4.18. The first-order chi connectivity index (χ1) is 7.52. The van der Waals surface area contributed by atoms with Crippen LogP contribution in [0.4, 0.5) is 4.79 Å². The number of nitrogens with one attached hydrogen (secondary N) is 2. The first-order valence-electron chi connectivity index (χ1n) is 5.55. The number of hydrogen-bond acceptors (Lipinski definition) is 4. The van der Waals surface area contributed by atoms with Crippen LogP contribution in [-0.4, -0.2) is 49.1 Å². The molecule has 1 atom stereocenters. The molecule has 0 aromatic rings. The summed E-state index contributed by atoms with van der Waals surface area (Å²) in [7, 11) is 1.90. The van der Waals surface area contributed by atoms with E-state index in [1.807, 2.05) is 11.9 Å².